The number of nitrogens with one attached hydrogen (secondary N) is 1. The van der Waals surface area contributed by atoms with Crippen molar-refractivity contribution in [1.82, 2.24) is 10.2 Å². The van der Waals surface area contributed by atoms with Crippen molar-refractivity contribution in [3.63, 3.8) is 0 Å². The molecule has 0 spiro atoms. The fourth-order valence-electron chi connectivity index (χ4n) is 1.78. The van der Waals surface area contributed by atoms with Crippen LogP contribution in [-0.2, 0) is 0 Å². The van der Waals surface area contributed by atoms with Crippen LogP contribution in [0.25, 0.3) is 0 Å². The van der Waals surface area contributed by atoms with Crippen LogP contribution < -0.4 is 14.8 Å². The molecule has 0 bridgehead atoms. The number of rotatable bonds is 4. The lowest BCUT2D eigenvalue weighted by Gasteiger charge is -2.15. The molecule has 0 aliphatic carbocycles. The molecule has 0 aliphatic rings. The number of anilines is 2. The third-order valence-corrected chi connectivity index (χ3v) is 3.85. The van der Waals surface area contributed by atoms with E-state index in [2.05, 4.69) is 15.5 Å². The Morgan fingerprint density at radius 3 is 2.24 bits per heavy atom. The zero-order chi connectivity index (χ0) is 15.6. The molecule has 21 heavy (non-hydrogen) atoms. The van der Waals surface area contributed by atoms with E-state index < -0.39 is 0 Å². The van der Waals surface area contributed by atoms with E-state index in [0.717, 1.165) is 11.1 Å². The predicted octanol–water partition coefficient (Wildman–Crippen LogP) is 4.16. The molecule has 0 amide bonds. The van der Waals surface area contributed by atoms with Crippen molar-refractivity contribution in [3.8, 4) is 11.5 Å². The number of methoxy groups -OCH3 is 2. The van der Waals surface area contributed by atoms with Gasteiger partial charge in [-0.3, -0.25) is 0 Å². The molecule has 1 aromatic carbocycles. The second-order valence-electron chi connectivity index (χ2n) is 4.40. The van der Waals surface area contributed by atoms with Crippen LogP contribution in [0, 0.1) is 13.8 Å². The van der Waals surface area contributed by atoms with E-state index in [0.29, 0.717) is 33.2 Å². The van der Waals surface area contributed by atoms with E-state index in [1.165, 1.54) is 0 Å². The van der Waals surface area contributed by atoms with Gasteiger partial charge in [0.05, 0.1) is 24.9 Å². The Kier molecular flexibility index (Phi) is 4.75. The summed E-state index contributed by atoms with van der Waals surface area (Å²) in [6.07, 6.45) is 0. The molecule has 2 aromatic rings. The summed E-state index contributed by atoms with van der Waals surface area (Å²) in [5.41, 5.74) is 2.44. The maximum atomic E-state index is 6.14. The van der Waals surface area contributed by atoms with Crippen LogP contribution in [0.1, 0.15) is 11.1 Å². The highest BCUT2D eigenvalue weighted by molar-refractivity contribution is 6.32. The summed E-state index contributed by atoms with van der Waals surface area (Å²) in [5.74, 6) is 1.72. The van der Waals surface area contributed by atoms with E-state index in [1.54, 1.807) is 26.4 Å². The van der Waals surface area contributed by atoms with Gasteiger partial charge in [0.25, 0.3) is 0 Å². The summed E-state index contributed by atoms with van der Waals surface area (Å²) < 4.78 is 10.5. The Balaban J connectivity index is 2.44. The molecular weight excluding hydrogens is 313 g/mol. The number of benzene rings is 1. The number of nitrogens with zero attached hydrogens (tertiary/aromatic N) is 2. The van der Waals surface area contributed by atoms with Gasteiger partial charge in [-0.15, -0.1) is 10.2 Å². The molecule has 5 nitrogen and oxygen atoms in total. The molecular formula is C14H15Cl2N3O2. The highest BCUT2D eigenvalue weighted by Gasteiger charge is 2.13. The maximum Gasteiger partial charge on any atom is 0.156 e. The summed E-state index contributed by atoms with van der Waals surface area (Å²) >= 11 is 12.1. The normalized spacial score (nSPS) is 10.4. The SMILES string of the molecule is COc1cc(OC)c(Nc2nnc(Cl)c(C)c2C)cc1Cl. The van der Waals surface area contributed by atoms with Gasteiger partial charge in [-0.2, -0.15) is 0 Å². The zero-order valence-corrected chi connectivity index (χ0v) is 13.6. The zero-order valence-electron chi connectivity index (χ0n) is 12.1. The highest BCUT2D eigenvalue weighted by atomic mass is 35.5. The van der Waals surface area contributed by atoms with Gasteiger partial charge in [0.1, 0.15) is 11.5 Å². The number of halogens is 2. The second kappa shape index (κ2) is 6.37. The molecule has 0 atom stereocenters. The fourth-order valence-corrected chi connectivity index (χ4v) is 2.20. The summed E-state index contributed by atoms with van der Waals surface area (Å²) in [7, 11) is 3.12. The van der Waals surface area contributed by atoms with Gasteiger partial charge in [0.15, 0.2) is 11.0 Å². The largest absolute Gasteiger partial charge is 0.495 e. The lowest BCUT2D eigenvalue weighted by molar-refractivity contribution is 0.396. The van der Waals surface area contributed by atoms with Crippen LogP contribution in [-0.4, -0.2) is 24.4 Å². The van der Waals surface area contributed by atoms with Gasteiger partial charge in [-0.05, 0) is 31.0 Å². The van der Waals surface area contributed by atoms with Crippen molar-refractivity contribution in [2.24, 2.45) is 0 Å². The molecule has 112 valence electrons. The van der Waals surface area contributed by atoms with Gasteiger partial charge in [-0.25, -0.2) is 0 Å². The third kappa shape index (κ3) is 3.14. The van der Waals surface area contributed by atoms with Crippen molar-refractivity contribution in [3.05, 3.63) is 33.4 Å². The first-order valence-electron chi connectivity index (χ1n) is 6.15. The summed E-state index contributed by atoms with van der Waals surface area (Å²) in [6.45, 7) is 3.80. The molecule has 0 saturated heterocycles. The van der Waals surface area contributed by atoms with Crippen LogP contribution in [0.3, 0.4) is 0 Å². The lowest BCUT2D eigenvalue weighted by atomic mass is 10.2. The Bertz CT molecular complexity index is 678. The molecule has 7 heteroatoms. The van der Waals surface area contributed by atoms with Crippen LogP contribution in [0.2, 0.25) is 10.2 Å². The fraction of sp³-hybridized carbons (Fsp3) is 0.286. The van der Waals surface area contributed by atoms with Gasteiger partial charge in [0, 0.05) is 6.07 Å². The Morgan fingerprint density at radius 2 is 1.62 bits per heavy atom. The van der Waals surface area contributed by atoms with E-state index in [9.17, 15) is 0 Å². The number of ether oxygens (including phenoxy) is 2. The molecule has 1 N–H and O–H groups in total. The first-order chi connectivity index (χ1) is 9.97. The average Bonchev–Trinajstić information content (AvgIpc) is 2.48. The summed E-state index contributed by atoms with van der Waals surface area (Å²) in [4.78, 5) is 0. The highest BCUT2D eigenvalue weighted by Crippen LogP contribution is 2.37. The van der Waals surface area contributed by atoms with Gasteiger partial charge >= 0.3 is 0 Å². The minimum Gasteiger partial charge on any atom is -0.495 e. The Morgan fingerprint density at radius 1 is 0.952 bits per heavy atom. The van der Waals surface area contributed by atoms with Gasteiger partial charge < -0.3 is 14.8 Å². The second-order valence-corrected chi connectivity index (χ2v) is 5.17. The van der Waals surface area contributed by atoms with Crippen LogP contribution in [0.4, 0.5) is 11.5 Å². The quantitative estimate of drug-likeness (QED) is 0.913. The molecule has 0 unspecified atom stereocenters. The molecule has 1 heterocycles. The molecule has 0 fully saturated rings. The first kappa shape index (κ1) is 15.7. The van der Waals surface area contributed by atoms with E-state index in [4.69, 9.17) is 32.7 Å². The predicted molar refractivity (Wildman–Crippen MR) is 84.4 cm³/mol. The van der Waals surface area contributed by atoms with Crippen LogP contribution in [0.5, 0.6) is 11.5 Å². The molecule has 0 saturated carbocycles. The summed E-state index contributed by atoms with van der Waals surface area (Å²) in [6, 6.07) is 3.42. The minimum atomic E-state index is 0.387. The van der Waals surface area contributed by atoms with Crippen molar-refractivity contribution >= 4 is 34.7 Å². The molecule has 0 aliphatic heterocycles. The number of aromatic nitrogens is 2. The standard InChI is InChI=1S/C14H15Cl2N3O2/c1-7-8(2)14(19-18-13(7)16)17-10-5-9(15)11(20-3)6-12(10)21-4/h5-6H,1-4H3,(H,17,19). The number of hydrogen-bond donors (Lipinski definition) is 1. The summed E-state index contributed by atoms with van der Waals surface area (Å²) in [5, 5.41) is 12.0. The smallest absolute Gasteiger partial charge is 0.156 e. The van der Waals surface area contributed by atoms with Crippen LogP contribution >= 0.6 is 23.2 Å². The first-order valence-corrected chi connectivity index (χ1v) is 6.91. The van der Waals surface area contributed by atoms with Crippen LogP contribution in [0.15, 0.2) is 12.1 Å². The van der Waals surface area contributed by atoms with E-state index in [1.807, 2.05) is 13.8 Å². The molecule has 2 rings (SSSR count). The van der Waals surface area contributed by atoms with Gasteiger partial charge in [0.2, 0.25) is 0 Å². The van der Waals surface area contributed by atoms with E-state index in [-0.39, 0.29) is 0 Å². The maximum absolute atomic E-state index is 6.14. The minimum absolute atomic E-state index is 0.387. The van der Waals surface area contributed by atoms with Crippen molar-refractivity contribution in [1.29, 1.82) is 0 Å². The van der Waals surface area contributed by atoms with E-state index >= 15 is 0 Å². The number of hydrogen-bond acceptors (Lipinski definition) is 5. The Hall–Kier alpha value is -1.72. The monoisotopic (exact) mass is 327 g/mol. The van der Waals surface area contributed by atoms with Crippen molar-refractivity contribution in [2.45, 2.75) is 13.8 Å². The van der Waals surface area contributed by atoms with Crippen molar-refractivity contribution in [2.75, 3.05) is 19.5 Å². The lowest BCUT2D eigenvalue weighted by Crippen LogP contribution is -2.03. The molecule has 1 aromatic heterocycles. The van der Waals surface area contributed by atoms with Gasteiger partial charge in [-0.1, -0.05) is 23.2 Å². The molecule has 0 radical (unpaired) electrons. The van der Waals surface area contributed by atoms with Crippen molar-refractivity contribution < 1.29 is 9.47 Å². The average molecular weight is 328 g/mol. The third-order valence-electron chi connectivity index (χ3n) is 3.19. The Labute approximate surface area is 133 Å². The topological polar surface area (TPSA) is 56.3 Å².